The van der Waals surface area contributed by atoms with E-state index in [9.17, 15) is 9.90 Å². The van der Waals surface area contributed by atoms with Crippen LogP contribution >= 0.6 is 11.6 Å². The Kier molecular flexibility index (Phi) is 3.46. The van der Waals surface area contributed by atoms with Gasteiger partial charge in [0.15, 0.2) is 0 Å². The van der Waals surface area contributed by atoms with Crippen molar-refractivity contribution in [2.24, 2.45) is 5.73 Å². The molecule has 4 nitrogen and oxygen atoms in total. The predicted molar refractivity (Wildman–Crippen MR) is 52.0 cm³/mol. The van der Waals surface area contributed by atoms with Gasteiger partial charge < -0.3 is 15.9 Å². The third kappa shape index (κ3) is 2.45. The van der Waals surface area contributed by atoms with Gasteiger partial charge in [-0.1, -0.05) is 23.7 Å². The van der Waals surface area contributed by atoms with E-state index in [1.807, 2.05) is 0 Å². The van der Waals surface area contributed by atoms with Crippen molar-refractivity contribution >= 4 is 17.6 Å². The zero-order chi connectivity index (χ0) is 10.7. The Labute approximate surface area is 85.9 Å². The van der Waals surface area contributed by atoms with Gasteiger partial charge in [0.25, 0.3) is 0 Å². The van der Waals surface area contributed by atoms with E-state index < -0.39 is 18.1 Å². The van der Waals surface area contributed by atoms with Gasteiger partial charge in [-0.2, -0.15) is 0 Å². The van der Waals surface area contributed by atoms with Crippen LogP contribution in [0.5, 0.6) is 0 Å². The number of hydrogen-bond acceptors (Lipinski definition) is 3. The Bertz CT molecular complexity index is 343. The molecule has 1 unspecified atom stereocenters. The van der Waals surface area contributed by atoms with Gasteiger partial charge in [-0.15, -0.1) is 0 Å². The van der Waals surface area contributed by atoms with Gasteiger partial charge in [-0.3, -0.25) is 4.79 Å². The highest BCUT2D eigenvalue weighted by atomic mass is 35.5. The first-order chi connectivity index (χ1) is 6.52. The monoisotopic (exact) mass is 215 g/mol. The highest BCUT2D eigenvalue weighted by molar-refractivity contribution is 6.30. The zero-order valence-electron chi connectivity index (χ0n) is 7.22. The van der Waals surface area contributed by atoms with Gasteiger partial charge in [-0.05, 0) is 17.7 Å². The van der Waals surface area contributed by atoms with E-state index in [0.717, 1.165) is 0 Å². The Balaban J connectivity index is 2.89. The standard InChI is InChI=1S/C9H10ClNO3/c10-6-3-1-2-5(4-6)8(12)7(11)9(13)14/h1-4,7-8,12H,11H2,(H,13,14)/t7-,8?/m0/s1. The van der Waals surface area contributed by atoms with E-state index in [0.29, 0.717) is 10.6 Å². The van der Waals surface area contributed by atoms with Crippen molar-refractivity contribution in [3.63, 3.8) is 0 Å². The summed E-state index contributed by atoms with van der Waals surface area (Å²) in [6.45, 7) is 0. The molecule has 0 saturated carbocycles. The Hall–Kier alpha value is -1.10. The van der Waals surface area contributed by atoms with Gasteiger partial charge in [0.2, 0.25) is 0 Å². The number of aliphatic hydroxyl groups is 1. The summed E-state index contributed by atoms with van der Waals surface area (Å²) in [5.74, 6) is -1.25. The minimum absolute atomic E-state index is 0.396. The van der Waals surface area contributed by atoms with E-state index in [2.05, 4.69) is 0 Å². The second kappa shape index (κ2) is 4.41. The number of benzene rings is 1. The van der Waals surface area contributed by atoms with E-state index in [1.54, 1.807) is 18.2 Å². The molecular formula is C9H10ClNO3. The zero-order valence-corrected chi connectivity index (χ0v) is 7.98. The SMILES string of the molecule is N[C@H](C(=O)O)C(O)c1cccc(Cl)c1. The summed E-state index contributed by atoms with van der Waals surface area (Å²) in [4.78, 5) is 10.5. The molecule has 0 aliphatic heterocycles. The van der Waals surface area contributed by atoms with Gasteiger partial charge in [-0.25, -0.2) is 0 Å². The van der Waals surface area contributed by atoms with Crippen molar-refractivity contribution < 1.29 is 15.0 Å². The van der Waals surface area contributed by atoms with Gasteiger partial charge in [0.05, 0.1) is 0 Å². The molecule has 1 rings (SSSR count). The first-order valence-corrected chi connectivity index (χ1v) is 4.32. The van der Waals surface area contributed by atoms with Crippen LogP contribution in [0.1, 0.15) is 11.7 Å². The molecule has 4 N–H and O–H groups in total. The third-order valence-electron chi connectivity index (χ3n) is 1.82. The lowest BCUT2D eigenvalue weighted by Crippen LogP contribution is -2.36. The molecule has 0 spiro atoms. The van der Waals surface area contributed by atoms with Crippen molar-refractivity contribution in [3.8, 4) is 0 Å². The summed E-state index contributed by atoms with van der Waals surface area (Å²) < 4.78 is 0. The van der Waals surface area contributed by atoms with E-state index in [4.69, 9.17) is 22.4 Å². The molecule has 0 aliphatic rings. The summed E-state index contributed by atoms with van der Waals surface area (Å²) in [5, 5.41) is 18.5. The molecule has 0 fully saturated rings. The van der Waals surface area contributed by atoms with Gasteiger partial charge in [0.1, 0.15) is 12.1 Å². The van der Waals surface area contributed by atoms with Crippen LogP contribution in [0.25, 0.3) is 0 Å². The number of nitrogens with two attached hydrogens (primary N) is 1. The second-order valence-electron chi connectivity index (χ2n) is 2.86. The summed E-state index contributed by atoms with van der Waals surface area (Å²) in [6, 6.07) is 4.96. The number of aliphatic hydroxyl groups excluding tert-OH is 1. The molecule has 1 aromatic carbocycles. The molecule has 5 heteroatoms. The molecule has 0 aromatic heterocycles. The minimum Gasteiger partial charge on any atom is -0.480 e. The van der Waals surface area contributed by atoms with Crippen LogP contribution in [0.15, 0.2) is 24.3 Å². The second-order valence-corrected chi connectivity index (χ2v) is 3.30. The summed E-state index contributed by atoms with van der Waals surface area (Å²) in [6.07, 6.45) is -1.24. The molecule has 76 valence electrons. The molecule has 0 saturated heterocycles. The lowest BCUT2D eigenvalue weighted by atomic mass is 10.0. The van der Waals surface area contributed by atoms with Crippen molar-refractivity contribution in [2.75, 3.05) is 0 Å². The molecule has 14 heavy (non-hydrogen) atoms. The van der Waals surface area contributed by atoms with Crippen molar-refractivity contribution in [1.29, 1.82) is 0 Å². The molecule has 0 aliphatic carbocycles. The lowest BCUT2D eigenvalue weighted by molar-refractivity contribution is -0.141. The van der Waals surface area contributed by atoms with Gasteiger partial charge >= 0.3 is 5.97 Å². The first kappa shape index (κ1) is 11.0. The minimum atomic E-state index is -1.34. The fourth-order valence-electron chi connectivity index (χ4n) is 1.03. The first-order valence-electron chi connectivity index (χ1n) is 3.94. The fourth-order valence-corrected chi connectivity index (χ4v) is 1.23. The average molecular weight is 216 g/mol. The maximum Gasteiger partial charge on any atom is 0.323 e. The molecule has 0 heterocycles. The van der Waals surface area contributed by atoms with E-state index in [1.165, 1.54) is 6.07 Å². The van der Waals surface area contributed by atoms with Gasteiger partial charge in [0, 0.05) is 5.02 Å². The number of carboxylic acids is 1. The number of aliphatic carboxylic acids is 1. The van der Waals surface area contributed by atoms with Crippen molar-refractivity contribution in [1.82, 2.24) is 0 Å². The number of hydrogen-bond donors (Lipinski definition) is 3. The van der Waals surface area contributed by atoms with Crippen molar-refractivity contribution in [3.05, 3.63) is 34.9 Å². The highest BCUT2D eigenvalue weighted by Crippen LogP contribution is 2.19. The average Bonchev–Trinajstić information content (AvgIpc) is 2.15. The molecule has 1 aromatic rings. The van der Waals surface area contributed by atoms with E-state index >= 15 is 0 Å². The summed E-state index contributed by atoms with van der Waals surface area (Å²) >= 11 is 5.67. The predicted octanol–water partition coefficient (Wildman–Crippen LogP) is 0.785. The Morgan fingerprint density at radius 1 is 1.50 bits per heavy atom. The maximum atomic E-state index is 10.5. The third-order valence-corrected chi connectivity index (χ3v) is 2.05. The molecule has 0 radical (unpaired) electrons. The fraction of sp³-hybridized carbons (Fsp3) is 0.222. The van der Waals surface area contributed by atoms with Crippen LogP contribution in [0.3, 0.4) is 0 Å². The quantitative estimate of drug-likeness (QED) is 0.696. The summed E-state index contributed by atoms with van der Waals surface area (Å²) in [7, 11) is 0. The highest BCUT2D eigenvalue weighted by Gasteiger charge is 2.23. The topological polar surface area (TPSA) is 83.6 Å². The van der Waals surface area contributed by atoms with E-state index in [-0.39, 0.29) is 0 Å². The lowest BCUT2D eigenvalue weighted by Gasteiger charge is -2.15. The van der Waals surface area contributed by atoms with Crippen LogP contribution < -0.4 is 5.73 Å². The maximum absolute atomic E-state index is 10.5. The molecule has 0 bridgehead atoms. The van der Waals surface area contributed by atoms with Crippen LogP contribution in [0, 0.1) is 0 Å². The molecular weight excluding hydrogens is 206 g/mol. The van der Waals surface area contributed by atoms with Crippen LogP contribution in [-0.4, -0.2) is 22.2 Å². The number of carboxylic acid groups (broad SMARTS) is 1. The van der Waals surface area contributed by atoms with Crippen LogP contribution in [-0.2, 0) is 4.79 Å². The van der Waals surface area contributed by atoms with Crippen LogP contribution in [0.2, 0.25) is 5.02 Å². The normalized spacial score (nSPS) is 14.8. The largest absolute Gasteiger partial charge is 0.480 e. The van der Waals surface area contributed by atoms with Crippen LogP contribution in [0.4, 0.5) is 0 Å². The Morgan fingerprint density at radius 3 is 2.64 bits per heavy atom. The number of carbonyl (C=O) groups is 1. The smallest absolute Gasteiger partial charge is 0.323 e. The summed E-state index contributed by atoms with van der Waals surface area (Å²) in [5.41, 5.74) is 5.65. The number of halogens is 1. The number of rotatable bonds is 3. The molecule has 0 amide bonds. The van der Waals surface area contributed by atoms with Crippen molar-refractivity contribution in [2.45, 2.75) is 12.1 Å². The Morgan fingerprint density at radius 2 is 2.14 bits per heavy atom. The molecule has 2 atom stereocenters.